The van der Waals surface area contributed by atoms with Gasteiger partial charge in [-0.1, -0.05) is 30.3 Å². The van der Waals surface area contributed by atoms with Crippen LogP contribution in [0.2, 0.25) is 0 Å². The van der Waals surface area contributed by atoms with Crippen molar-refractivity contribution in [1.29, 1.82) is 0 Å². The molecule has 2 atom stereocenters. The number of benzene rings is 1. The third kappa shape index (κ3) is 3.32. The molecule has 1 nitrogen and oxygen atoms in total. The zero-order valence-electron chi connectivity index (χ0n) is 7.91. The Morgan fingerprint density at radius 3 is 2.36 bits per heavy atom. The molecule has 76 valence electrons. The van der Waals surface area contributed by atoms with Gasteiger partial charge in [0.2, 0.25) is 0 Å². The fourth-order valence-electron chi connectivity index (χ4n) is 1.18. The molecule has 0 aliphatic rings. The highest BCUT2D eigenvalue weighted by molar-refractivity contribution is 6.34. The number of carbonyl (C=O) groups is 1. The molecule has 0 N–H and O–H groups in total. The van der Waals surface area contributed by atoms with Gasteiger partial charge in [0.05, 0.1) is 5.38 Å². The average Bonchev–Trinajstić information content (AvgIpc) is 2.17. The fourth-order valence-corrected chi connectivity index (χ4v) is 1.84. The molecule has 0 aliphatic carbocycles. The van der Waals surface area contributed by atoms with Gasteiger partial charge in [0.15, 0.2) is 5.78 Å². The van der Waals surface area contributed by atoms with Crippen molar-refractivity contribution in [3.63, 3.8) is 0 Å². The molecule has 0 radical (unpaired) electrons. The topological polar surface area (TPSA) is 17.1 Å². The van der Waals surface area contributed by atoms with Crippen molar-refractivity contribution in [2.24, 2.45) is 0 Å². The van der Waals surface area contributed by atoms with E-state index < -0.39 is 5.38 Å². The van der Waals surface area contributed by atoms with Crippen LogP contribution < -0.4 is 0 Å². The summed E-state index contributed by atoms with van der Waals surface area (Å²) < 4.78 is 0. The monoisotopic (exact) mass is 230 g/mol. The summed E-state index contributed by atoms with van der Waals surface area (Å²) in [6, 6.07) is 9.03. The lowest BCUT2D eigenvalue weighted by Gasteiger charge is -2.09. The van der Waals surface area contributed by atoms with Gasteiger partial charge in [-0.2, -0.15) is 0 Å². The first-order chi connectivity index (χ1) is 6.61. The van der Waals surface area contributed by atoms with E-state index in [0.29, 0.717) is 12.0 Å². The summed E-state index contributed by atoms with van der Waals surface area (Å²) in [6.45, 7) is 1.83. The summed E-state index contributed by atoms with van der Waals surface area (Å²) in [5.74, 6) is -0.0558. The molecule has 0 aliphatic heterocycles. The molecular weight excluding hydrogens is 219 g/mol. The zero-order valence-corrected chi connectivity index (χ0v) is 9.42. The Labute approximate surface area is 94.0 Å². The number of rotatable bonds is 4. The molecule has 0 aromatic heterocycles. The summed E-state index contributed by atoms with van der Waals surface area (Å²) in [6.07, 6.45) is 0.497. The predicted octanol–water partition coefficient (Wildman–Crippen LogP) is 3.49. The quantitative estimate of drug-likeness (QED) is 0.572. The van der Waals surface area contributed by atoms with Gasteiger partial charge in [-0.15, -0.1) is 23.2 Å². The number of hydrogen-bond acceptors (Lipinski definition) is 1. The normalized spacial score (nSPS) is 14.8. The molecule has 0 unspecified atom stereocenters. The highest BCUT2D eigenvalue weighted by Crippen LogP contribution is 2.15. The van der Waals surface area contributed by atoms with Crippen molar-refractivity contribution in [2.45, 2.75) is 24.1 Å². The van der Waals surface area contributed by atoms with Crippen molar-refractivity contribution >= 4 is 29.0 Å². The van der Waals surface area contributed by atoms with Crippen LogP contribution in [0.3, 0.4) is 0 Å². The Kier molecular flexibility index (Phi) is 4.43. The van der Waals surface area contributed by atoms with E-state index in [0.717, 1.165) is 0 Å². The van der Waals surface area contributed by atoms with Crippen molar-refractivity contribution in [2.75, 3.05) is 0 Å². The maximum Gasteiger partial charge on any atom is 0.180 e. The van der Waals surface area contributed by atoms with Gasteiger partial charge in [0.25, 0.3) is 0 Å². The Hall–Kier alpha value is -0.530. The minimum atomic E-state index is -0.523. The summed E-state index contributed by atoms with van der Waals surface area (Å²) in [4.78, 5) is 11.7. The fraction of sp³-hybridized carbons (Fsp3) is 0.364. The minimum Gasteiger partial charge on any atom is -0.293 e. The molecule has 0 spiro atoms. The molecular formula is C11H12Cl2O. The summed E-state index contributed by atoms with van der Waals surface area (Å²) in [5.41, 5.74) is 0.643. The standard InChI is InChI=1S/C11H12Cl2O/c1-8(12)7-10(13)11(14)9-5-3-2-4-6-9/h2-6,8,10H,7H2,1H3/t8-,10+/m1/s1. The third-order valence-electron chi connectivity index (χ3n) is 1.87. The Morgan fingerprint density at radius 2 is 1.86 bits per heavy atom. The van der Waals surface area contributed by atoms with Crippen molar-refractivity contribution in [3.05, 3.63) is 35.9 Å². The summed E-state index contributed by atoms with van der Waals surface area (Å²) in [5, 5.41) is -0.602. The van der Waals surface area contributed by atoms with Crippen LogP contribution in [0.4, 0.5) is 0 Å². The van der Waals surface area contributed by atoms with E-state index in [1.807, 2.05) is 25.1 Å². The molecule has 0 saturated heterocycles. The first kappa shape index (κ1) is 11.5. The molecule has 0 amide bonds. The second-order valence-corrected chi connectivity index (χ2v) is 4.49. The molecule has 0 bridgehead atoms. The van der Waals surface area contributed by atoms with E-state index in [-0.39, 0.29) is 11.2 Å². The van der Waals surface area contributed by atoms with Crippen molar-refractivity contribution < 1.29 is 4.79 Å². The van der Waals surface area contributed by atoms with Gasteiger partial charge in [0.1, 0.15) is 0 Å². The summed E-state index contributed by atoms with van der Waals surface area (Å²) in [7, 11) is 0. The number of alkyl halides is 2. The van der Waals surface area contributed by atoms with Crippen LogP contribution in [0.1, 0.15) is 23.7 Å². The first-order valence-corrected chi connectivity index (χ1v) is 5.36. The van der Waals surface area contributed by atoms with Crippen LogP contribution >= 0.6 is 23.2 Å². The number of Topliss-reactive ketones (excluding diaryl/α,β-unsaturated/α-hetero) is 1. The smallest absolute Gasteiger partial charge is 0.180 e. The zero-order chi connectivity index (χ0) is 10.6. The van der Waals surface area contributed by atoms with Gasteiger partial charge < -0.3 is 0 Å². The Bertz CT molecular complexity index is 295. The Balaban J connectivity index is 2.66. The number of halogens is 2. The molecule has 3 heteroatoms. The van der Waals surface area contributed by atoms with Crippen molar-refractivity contribution in [3.8, 4) is 0 Å². The lowest BCUT2D eigenvalue weighted by Crippen LogP contribution is -2.17. The van der Waals surface area contributed by atoms with Gasteiger partial charge in [-0.25, -0.2) is 0 Å². The molecule has 1 aromatic rings. The predicted molar refractivity (Wildman–Crippen MR) is 60.3 cm³/mol. The van der Waals surface area contributed by atoms with Gasteiger partial charge in [-0.3, -0.25) is 4.79 Å². The highest BCUT2D eigenvalue weighted by Gasteiger charge is 2.18. The van der Waals surface area contributed by atoms with E-state index in [4.69, 9.17) is 23.2 Å². The Morgan fingerprint density at radius 1 is 1.29 bits per heavy atom. The van der Waals surface area contributed by atoms with E-state index in [1.165, 1.54) is 0 Å². The average molecular weight is 231 g/mol. The SMILES string of the molecule is C[C@@H](Cl)C[C@H](Cl)C(=O)c1ccccc1. The van der Waals surface area contributed by atoms with Gasteiger partial charge >= 0.3 is 0 Å². The number of ketones is 1. The summed E-state index contributed by atoms with van der Waals surface area (Å²) >= 11 is 11.7. The third-order valence-corrected chi connectivity index (χ3v) is 2.43. The van der Waals surface area contributed by atoms with E-state index in [9.17, 15) is 4.79 Å². The lowest BCUT2D eigenvalue weighted by atomic mass is 10.1. The van der Waals surface area contributed by atoms with Crippen molar-refractivity contribution in [1.82, 2.24) is 0 Å². The molecule has 0 heterocycles. The van der Waals surface area contributed by atoms with E-state index >= 15 is 0 Å². The maximum atomic E-state index is 11.7. The second-order valence-electron chi connectivity index (χ2n) is 3.21. The van der Waals surface area contributed by atoms with Crippen LogP contribution in [-0.2, 0) is 0 Å². The molecule has 14 heavy (non-hydrogen) atoms. The molecule has 1 aromatic carbocycles. The lowest BCUT2D eigenvalue weighted by molar-refractivity contribution is 0.0984. The van der Waals surface area contributed by atoms with Gasteiger partial charge in [-0.05, 0) is 13.3 Å². The molecule has 0 fully saturated rings. The molecule has 1 rings (SSSR count). The molecule has 0 saturated carbocycles. The van der Waals surface area contributed by atoms with Gasteiger partial charge in [0, 0.05) is 10.9 Å². The number of hydrogen-bond donors (Lipinski definition) is 0. The highest BCUT2D eigenvalue weighted by atomic mass is 35.5. The van der Waals surface area contributed by atoms with Crippen LogP contribution in [0.25, 0.3) is 0 Å². The van der Waals surface area contributed by atoms with Crippen LogP contribution in [0.5, 0.6) is 0 Å². The van der Waals surface area contributed by atoms with E-state index in [2.05, 4.69) is 0 Å². The number of carbonyl (C=O) groups excluding carboxylic acids is 1. The minimum absolute atomic E-state index is 0.0558. The largest absolute Gasteiger partial charge is 0.293 e. The van der Waals surface area contributed by atoms with E-state index in [1.54, 1.807) is 12.1 Å². The van der Waals surface area contributed by atoms with Crippen LogP contribution in [0, 0.1) is 0 Å². The van der Waals surface area contributed by atoms with Crippen LogP contribution in [0.15, 0.2) is 30.3 Å². The maximum absolute atomic E-state index is 11.7. The first-order valence-electron chi connectivity index (χ1n) is 4.48. The van der Waals surface area contributed by atoms with Crippen LogP contribution in [-0.4, -0.2) is 16.5 Å². The second kappa shape index (κ2) is 5.38.